The zero-order valence-electron chi connectivity index (χ0n) is 14.3. The van der Waals surface area contributed by atoms with E-state index in [0.717, 1.165) is 32.9 Å². The van der Waals surface area contributed by atoms with E-state index in [9.17, 15) is 14.4 Å². The largest absolute Gasteiger partial charge is 0.312 e. The highest BCUT2D eigenvalue weighted by Gasteiger charge is 2.18. The molecule has 0 saturated heterocycles. The first kappa shape index (κ1) is 19.1. The Labute approximate surface area is 155 Å². The maximum atomic E-state index is 11.8. The smallest absolute Gasteiger partial charge is 0.226 e. The number of fused-ring (bicyclic) bond motifs is 1. The first-order valence-electron chi connectivity index (χ1n) is 8.14. The van der Waals surface area contributed by atoms with Crippen LogP contribution in [0.25, 0.3) is 10.8 Å². The maximum Gasteiger partial charge on any atom is 0.226 e. The highest BCUT2D eigenvalue weighted by molar-refractivity contribution is 9.10. The number of carbonyl (C=O) groups is 3. The molecule has 25 heavy (non-hydrogen) atoms. The zero-order valence-corrected chi connectivity index (χ0v) is 15.9. The molecule has 132 valence electrons. The Morgan fingerprint density at radius 2 is 2.04 bits per heavy atom. The summed E-state index contributed by atoms with van der Waals surface area (Å²) in [4.78, 5) is 35.1. The van der Waals surface area contributed by atoms with Gasteiger partial charge in [-0.2, -0.15) is 0 Å². The van der Waals surface area contributed by atoms with Crippen molar-refractivity contribution in [3.63, 3.8) is 0 Å². The predicted octanol–water partition coefficient (Wildman–Crippen LogP) is 3.70. The van der Waals surface area contributed by atoms with Gasteiger partial charge in [0.05, 0.1) is 5.69 Å². The maximum absolute atomic E-state index is 11.8. The van der Waals surface area contributed by atoms with Gasteiger partial charge < -0.3 is 4.90 Å². The van der Waals surface area contributed by atoms with E-state index in [2.05, 4.69) is 21.2 Å². The van der Waals surface area contributed by atoms with Crippen molar-refractivity contribution in [2.45, 2.75) is 39.2 Å². The van der Waals surface area contributed by atoms with Crippen LogP contribution in [0.5, 0.6) is 0 Å². The molecule has 0 bridgehead atoms. The van der Waals surface area contributed by atoms with Crippen LogP contribution in [0.1, 0.15) is 31.7 Å². The average Bonchev–Trinajstić information content (AvgIpc) is 2.58. The molecule has 0 aromatic heterocycles. The SMILES string of the molecule is Cc1cccc2c(Br)ccc(N(C=O)C(C)CCCC(=O)NC=O)c12. The molecule has 0 aliphatic carbocycles. The first-order chi connectivity index (χ1) is 12.0. The molecule has 0 spiro atoms. The fourth-order valence-corrected chi connectivity index (χ4v) is 3.44. The van der Waals surface area contributed by atoms with Crippen molar-refractivity contribution >= 4 is 51.1 Å². The van der Waals surface area contributed by atoms with Gasteiger partial charge in [-0.15, -0.1) is 0 Å². The number of nitrogens with zero attached hydrogens (tertiary/aromatic N) is 1. The van der Waals surface area contributed by atoms with E-state index >= 15 is 0 Å². The van der Waals surface area contributed by atoms with Gasteiger partial charge in [0, 0.05) is 22.3 Å². The third-order valence-electron chi connectivity index (χ3n) is 4.29. The summed E-state index contributed by atoms with van der Waals surface area (Å²) in [6.07, 6.45) is 2.74. The zero-order chi connectivity index (χ0) is 18.4. The van der Waals surface area contributed by atoms with E-state index < -0.39 is 0 Å². The molecule has 0 fully saturated rings. The van der Waals surface area contributed by atoms with Crippen LogP contribution in [0, 0.1) is 6.92 Å². The van der Waals surface area contributed by atoms with Crippen molar-refractivity contribution in [3.05, 3.63) is 40.4 Å². The molecule has 2 rings (SSSR count). The molecule has 6 heteroatoms. The number of hydrogen-bond acceptors (Lipinski definition) is 3. The van der Waals surface area contributed by atoms with Crippen molar-refractivity contribution in [1.29, 1.82) is 0 Å². The molecule has 5 nitrogen and oxygen atoms in total. The summed E-state index contributed by atoms with van der Waals surface area (Å²) in [5.41, 5.74) is 1.95. The Balaban J connectivity index is 2.24. The van der Waals surface area contributed by atoms with Crippen LogP contribution >= 0.6 is 15.9 Å². The van der Waals surface area contributed by atoms with E-state index in [4.69, 9.17) is 0 Å². The summed E-state index contributed by atoms with van der Waals surface area (Å²) >= 11 is 3.57. The second-order valence-electron chi connectivity index (χ2n) is 6.00. The Morgan fingerprint density at radius 3 is 2.72 bits per heavy atom. The number of carbonyl (C=O) groups excluding carboxylic acids is 3. The van der Waals surface area contributed by atoms with Gasteiger partial charge in [0.25, 0.3) is 0 Å². The van der Waals surface area contributed by atoms with Crippen LogP contribution in [0.2, 0.25) is 0 Å². The number of anilines is 1. The highest BCUT2D eigenvalue weighted by atomic mass is 79.9. The van der Waals surface area contributed by atoms with Gasteiger partial charge in [-0.05, 0) is 49.8 Å². The lowest BCUT2D eigenvalue weighted by Crippen LogP contribution is -2.32. The fraction of sp³-hybridized carbons (Fsp3) is 0.316. The summed E-state index contributed by atoms with van der Waals surface area (Å²) in [5, 5.41) is 4.22. The second kappa shape index (κ2) is 8.76. The summed E-state index contributed by atoms with van der Waals surface area (Å²) in [7, 11) is 0. The van der Waals surface area contributed by atoms with Crippen LogP contribution in [0.3, 0.4) is 0 Å². The van der Waals surface area contributed by atoms with Crippen LogP contribution in [-0.4, -0.2) is 24.8 Å². The molecule has 0 radical (unpaired) electrons. The molecule has 0 saturated carbocycles. The van der Waals surface area contributed by atoms with E-state index in [0.29, 0.717) is 19.3 Å². The first-order valence-corrected chi connectivity index (χ1v) is 8.93. The second-order valence-corrected chi connectivity index (χ2v) is 6.86. The third kappa shape index (κ3) is 4.45. The molecule has 1 N–H and O–H groups in total. The van der Waals surface area contributed by atoms with Gasteiger partial charge in [0.1, 0.15) is 0 Å². The molecule has 1 atom stereocenters. The number of aryl methyl sites for hydroxylation is 1. The van der Waals surface area contributed by atoms with E-state index in [1.165, 1.54) is 0 Å². The molecule has 0 heterocycles. The van der Waals surface area contributed by atoms with Crippen LogP contribution in [-0.2, 0) is 14.4 Å². The quantitative estimate of drug-likeness (QED) is 0.681. The van der Waals surface area contributed by atoms with E-state index in [1.807, 2.05) is 44.2 Å². The minimum absolute atomic E-state index is 0.0643. The number of imide groups is 1. The standard InChI is InChI=1S/C19H21BrN2O3/c1-13-5-3-7-15-16(20)9-10-17(19(13)15)22(12-24)14(2)6-4-8-18(25)21-11-23/h3,5,7,9-12,14H,4,6,8H2,1-2H3,(H,21,23,25). The molecule has 1 unspecified atom stereocenters. The molecule has 0 aliphatic rings. The minimum atomic E-state index is -0.301. The molecule has 2 aromatic rings. The average molecular weight is 405 g/mol. The van der Waals surface area contributed by atoms with Gasteiger partial charge in [-0.3, -0.25) is 19.7 Å². The summed E-state index contributed by atoms with van der Waals surface area (Å²) in [5.74, 6) is -0.301. The van der Waals surface area contributed by atoms with Crippen LogP contribution in [0.4, 0.5) is 5.69 Å². The third-order valence-corrected chi connectivity index (χ3v) is 4.98. The number of nitrogens with one attached hydrogen (secondary N) is 1. The Bertz CT molecular complexity index is 792. The highest BCUT2D eigenvalue weighted by Crippen LogP contribution is 2.35. The predicted molar refractivity (Wildman–Crippen MR) is 102 cm³/mol. The molecule has 0 aliphatic heterocycles. The van der Waals surface area contributed by atoms with E-state index in [-0.39, 0.29) is 18.4 Å². The summed E-state index contributed by atoms with van der Waals surface area (Å²) in [6.45, 7) is 3.98. The van der Waals surface area contributed by atoms with Crippen molar-refractivity contribution in [2.75, 3.05) is 4.90 Å². The Morgan fingerprint density at radius 1 is 1.28 bits per heavy atom. The minimum Gasteiger partial charge on any atom is -0.312 e. The molecule has 3 amide bonds. The lowest BCUT2D eigenvalue weighted by molar-refractivity contribution is -0.125. The number of halogens is 1. The summed E-state index contributed by atoms with van der Waals surface area (Å²) < 4.78 is 0.985. The van der Waals surface area contributed by atoms with Crippen LogP contribution < -0.4 is 10.2 Å². The van der Waals surface area contributed by atoms with Crippen molar-refractivity contribution in [1.82, 2.24) is 5.32 Å². The topological polar surface area (TPSA) is 66.5 Å². The Hall–Kier alpha value is -2.21. The van der Waals surface area contributed by atoms with Gasteiger partial charge in [0.2, 0.25) is 18.7 Å². The van der Waals surface area contributed by atoms with Crippen molar-refractivity contribution in [2.24, 2.45) is 0 Å². The van der Waals surface area contributed by atoms with Gasteiger partial charge in [-0.25, -0.2) is 0 Å². The number of hydrogen-bond donors (Lipinski definition) is 1. The van der Waals surface area contributed by atoms with Crippen molar-refractivity contribution < 1.29 is 14.4 Å². The fourth-order valence-electron chi connectivity index (χ4n) is 2.98. The van der Waals surface area contributed by atoms with Gasteiger partial charge in [-0.1, -0.05) is 34.1 Å². The molecular weight excluding hydrogens is 384 g/mol. The number of rotatable bonds is 8. The monoisotopic (exact) mass is 404 g/mol. The summed E-state index contributed by atoms with van der Waals surface area (Å²) in [6, 6.07) is 9.85. The molecular formula is C19H21BrN2O3. The lowest BCUT2D eigenvalue weighted by atomic mass is 10.0. The van der Waals surface area contributed by atoms with Gasteiger partial charge >= 0.3 is 0 Å². The lowest BCUT2D eigenvalue weighted by Gasteiger charge is -2.27. The van der Waals surface area contributed by atoms with E-state index in [1.54, 1.807) is 4.90 Å². The van der Waals surface area contributed by atoms with Crippen LogP contribution in [0.15, 0.2) is 34.8 Å². The normalized spacial score (nSPS) is 11.8. The molecule has 2 aromatic carbocycles. The van der Waals surface area contributed by atoms with Crippen molar-refractivity contribution in [3.8, 4) is 0 Å². The number of benzene rings is 2. The number of amides is 3. The van der Waals surface area contributed by atoms with Gasteiger partial charge in [0.15, 0.2) is 0 Å². The Kier molecular flexibility index (Phi) is 6.70.